The van der Waals surface area contributed by atoms with Gasteiger partial charge in [-0.25, -0.2) is 0 Å². The van der Waals surface area contributed by atoms with E-state index in [4.69, 9.17) is 4.74 Å². The number of nitrogens with zero attached hydrogens (tertiary/aromatic N) is 1. The van der Waals surface area contributed by atoms with Crippen LogP contribution in [0, 0.1) is 33.8 Å². The molecular weight excluding hydrogens is 288 g/mol. The summed E-state index contributed by atoms with van der Waals surface area (Å²) < 4.78 is 5.32. The summed E-state index contributed by atoms with van der Waals surface area (Å²) >= 11 is 0. The maximum Gasteiger partial charge on any atom is 0.310 e. The highest BCUT2D eigenvalue weighted by Crippen LogP contribution is 2.57. The van der Waals surface area contributed by atoms with E-state index < -0.39 is 4.92 Å². The summed E-state index contributed by atoms with van der Waals surface area (Å²) in [5.41, 5.74) is 0.474. The molecule has 3 aliphatic rings. The number of ether oxygens (including phenoxy) is 1. The Labute approximate surface area is 125 Å². The molecule has 0 unspecified atom stereocenters. The van der Waals surface area contributed by atoms with Crippen molar-refractivity contribution >= 4 is 23.3 Å². The van der Waals surface area contributed by atoms with Gasteiger partial charge in [-0.15, -0.1) is 0 Å². The maximum absolute atomic E-state index is 12.5. The number of rotatable bonds is 3. The highest BCUT2D eigenvalue weighted by Gasteiger charge is 2.63. The van der Waals surface area contributed by atoms with Crippen molar-refractivity contribution in [2.24, 2.45) is 23.7 Å². The molecule has 3 fully saturated rings. The van der Waals surface area contributed by atoms with Gasteiger partial charge in [0.25, 0.3) is 5.69 Å². The summed E-state index contributed by atoms with van der Waals surface area (Å²) in [6, 6.07) is 5.69. The molecule has 1 aliphatic heterocycles. The third-order valence-corrected chi connectivity index (χ3v) is 5.13. The van der Waals surface area contributed by atoms with Crippen molar-refractivity contribution in [3.05, 3.63) is 34.4 Å². The van der Waals surface area contributed by atoms with Crippen LogP contribution in [0.2, 0.25) is 0 Å². The molecular formula is C15H14N2O5. The van der Waals surface area contributed by atoms with E-state index >= 15 is 0 Å². The topological polar surface area (TPSA) is 98.5 Å². The zero-order valence-corrected chi connectivity index (χ0v) is 11.6. The van der Waals surface area contributed by atoms with Crippen molar-refractivity contribution in [1.82, 2.24) is 0 Å². The van der Waals surface area contributed by atoms with Crippen LogP contribution in [-0.4, -0.2) is 22.9 Å². The van der Waals surface area contributed by atoms with E-state index in [1.807, 2.05) is 0 Å². The van der Waals surface area contributed by atoms with Crippen LogP contribution in [0.15, 0.2) is 24.3 Å². The van der Waals surface area contributed by atoms with Gasteiger partial charge in [-0.3, -0.25) is 19.7 Å². The van der Waals surface area contributed by atoms with Gasteiger partial charge < -0.3 is 10.1 Å². The number of nitrogens with one attached hydrogen (secondary N) is 1. The van der Waals surface area contributed by atoms with E-state index in [9.17, 15) is 19.7 Å². The third-order valence-electron chi connectivity index (χ3n) is 5.13. The summed E-state index contributed by atoms with van der Waals surface area (Å²) in [5.74, 6) is -0.717. The molecule has 1 N–H and O–H groups in total. The molecule has 2 bridgehead atoms. The first-order chi connectivity index (χ1) is 10.5. The number of carbonyl (C=O) groups is 2. The Kier molecular flexibility index (Phi) is 2.72. The normalized spacial score (nSPS) is 34.5. The third kappa shape index (κ3) is 1.81. The summed E-state index contributed by atoms with van der Waals surface area (Å²) in [7, 11) is 0. The number of esters is 1. The molecule has 5 atom stereocenters. The average molecular weight is 302 g/mol. The summed E-state index contributed by atoms with van der Waals surface area (Å²) in [4.78, 5) is 34.5. The van der Waals surface area contributed by atoms with Crippen LogP contribution in [0.25, 0.3) is 0 Å². The van der Waals surface area contributed by atoms with Crippen LogP contribution in [0.1, 0.15) is 12.8 Å². The minimum Gasteiger partial charge on any atom is -0.462 e. The Morgan fingerprint density at radius 3 is 2.68 bits per heavy atom. The lowest BCUT2D eigenvalue weighted by molar-refractivity contribution is -0.384. The molecule has 1 saturated heterocycles. The Morgan fingerprint density at radius 1 is 1.27 bits per heavy atom. The molecule has 0 aromatic heterocycles. The molecule has 114 valence electrons. The average Bonchev–Trinajstić information content (AvgIpc) is 3.09. The number of benzene rings is 1. The lowest BCUT2D eigenvalue weighted by atomic mass is 9.79. The minimum absolute atomic E-state index is 0.00549. The van der Waals surface area contributed by atoms with E-state index in [1.165, 1.54) is 24.3 Å². The molecule has 1 amide bonds. The summed E-state index contributed by atoms with van der Waals surface area (Å²) in [6.45, 7) is 0. The predicted octanol–water partition coefficient (Wildman–Crippen LogP) is 1.73. The molecule has 2 aliphatic carbocycles. The van der Waals surface area contributed by atoms with Crippen LogP contribution in [0.4, 0.5) is 11.4 Å². The Bertz CT molecular complexity index is 669. The van der Waals surface area contributed by atoms with Gasteiger partial charge >= 0.3 is 5.97 Å². The number of nitro benzene ring substituents is 1. The van der Waals surface area contributed by atoms with Gasteiger partial charge in [0, 0.05) is 23.7 Å². The number of nitro groups is 1. The maximum atomic E-state index is 12.5. The molecule has 1 heterocycles. The second-order valence-corrected chi connectivity index (χ2v) is 6.22. The van der Waals surface area contributed by atoms with Crippen molar-refractivity contribution in [2.45, 2.75) is 18.9 Å². The molecule has 7 heteroatoms. The van der Waals surface area contributed by atoms with Gasteiger partial charge in [-0.1, -0.05) is 0 Å². The number of fused-ring (bicyclic) bond motifs is 1. The van der Waals surface area contributed by atoms with Crippen LogP contribution >= 0.6 is 0 Å². The first-order valence-electron chi connectivity index (χ1n) is 7.30. The zero-order chi connectivity index (χ0) is 15.4. The summed E-state index contributed by atoms with van der Waals surface area (Å²) in [5, 5.41) is 13.4. The smallest absolute Gasteiger partial charge is 0.310 e. The lowest BCUT2D eigenvalue weighted by Crippen LogP contribution is -2.35. The molecule has 4 rings (SSSR count). The van der Waals surface area contributed by atoms with Crippen molar-refractivity contribution < 1.29 is 19.2 Å². The number of hydrogen-bond acceptors (Lipinski definition) is 5. The highest BCUT2D eigenvalue weighted by molar-refractivity contribution is 5.97. The fraction of sp³-hybridized carbons (Fsp3) is 0.467. The minimum atomic E-state index is -0.490. The molecule has 22 heavy (non-hydrogen) atoms. The van der Waals surface area contributed by atoms with E-state index in [0.717, 1.165) is 12.8 Å². The number of anilines is 1. The van der Waals surface area contributed by atoms with E-state index in [2.05, 4.69) is 5.32 Å². The standard InChI is InChI=1S/C15H14N2O5/c18-14(16-8-1-3-9(4-2-8)17(20)21)12-7-5-10-11(6-7)22-15(19)13(10)12/h1-4,7,10-13H,5-6H2,(H,16,18)/t7-,10+,11+,12-,13+/m1/s1. The molecule has 0 spiro atoms. The molecule has 1 aromatic rings. The summed E-state index contributed by atoms with van der Waals surface area (Å²) in [6.07, 6.45) is 1.65. The van der Waals surface area contributed by atoms with Crippen LogP contribution < -0.4 is 5.32 Å². The van der Waals surface area contributed by atoms with Gasteiger partial charge in [0.2, 0.25) is 5.91 Å². The number of carbonyl (C=O) groups excluding carboxylic acids is 2. The SMILES string of the molecule is O=C(Nc1ccc([N+](=O)[O-])cc1)[C@@H]1[C@@H]2C[C@@H]3[C@@H]1C(=O)O[C@H]3C2. The predicted molar refractivity (Wildman–Crippen MR) is 74.8 cm³/mol. The highest BCUT2D eigenvalue weighted by atomic mass is 16.6. The second kappa shape index (κ2) is 4.53. The fourth-order valence-corrected chi connectivity index (χ4v) is 4.26. The quantitative estimate of drug-likeness (QED) is 0.521. The Hall–Kier alpha value is -2.44. The molecule has 0 radical (unpaired) electrons. The van der Waals surface area contributed by atoms with Gasteiger partial charge in [0.15, 0.2) is 0 Å². The van der Waals surface area contributed by atoms with Gasteiger partial charge in [-0.05, 0) is 30.9 Å². The number of non-ortho nitro benzene ring substituents is 1. The van der Waals surface area contributed by atoms with Crippen molar-refractivity contribution in [3.63, 3.8) is 0 Å². The number of hydrogen-bond donors (Lipinski definition) is 1. The fourth-order valence-electron chi connectivity index (χ4n) is 4.26. The first kappa shape index (κ1) is 13.2. The number of amides is 1. The molecule has 7 nitrogen and oxygen atoms in total. The Morgan fingerprint density at radius 2 is 2.00 bits per heavy atom. The molecule has 1 aromatic carbocycles. The van der Waals surface area contributed by atoms with E-state index in [0.29, 0.717) is 5.69 Å². The van der Waals surface area contributed by atoms with Gasteiger partial charge in [0.05, 0.1) is 16.8 Å². The van der Waals surface area contributed by atoms with Crippen LogP contribution in [-0.2, 0) is 14.3 Å². The largest absolute Gasteiger partial charge is 0.462 e. The van der Waals surface area contributed by atoms with Crippen molar-refractivity contribution in [2.75, 3.05) is 5.32 Å². The lowest BCUT2D eigenvalue weighted by Gasteiger charge is -2.23. The van der Waals surface area contributed by atoms with E-state index in [-0.39, 0.29) is 47.3 Å². The van der Waals surface area contributed by atoms with Gasteiger partial charge in [0.1, 0.15) is 6.10 Å². The van der Waals surface area contributed by atoms with Gasteiger partial charge in [-0.2, -0.15) is 0 Å². The van der Waals surface area contributed by atoms with E-state index in [1.54, 1.807) is 0 Å². The van der Waals surface area contributed by atoms with Crippen molar-refractivity contribution in [1.29, 1.82) is 0 Å². The zero-order valence-electron chi connectivity index (χ0n) is 11.6. The van der Waals surface area contributed by atoms with Crippen molar-refractivity contribution in [3.8, 4) is 0 Å². The Balaban J connectivity index is 1.51. The first-order valence-corrected chi connectivity index (χ1v) is 7.30. The second-order valence-electron chi connectivity index (χ2n) is 6.22. The van der Waals surface area contributed by atoms with Crippen LogP contribution in [0.3, 0.4) is 0 Å². The molecule has 2 saturated carbocycles. The monoisotopic (exact) mass is 302 g/mol. The van der Waals surface area contributed by atoms with Crippen LogP contribution in [0.5, 0.6) is 0 Å².